The number of likely N-dealkylation sites (tertiary alicyclic amines) is 1. The fourth-order valence-electron chi connectivity index (χ4n) is 3.27. The fraction of sp³-hybridized carbons (Fsp3) is 0.300. The van der Waals surface area contributed by atoms with Crippen LogP contribution in [0, 0.1) is 5.41 Å². The van der Waals surface area contributed by atoms with Gasteiger partial charge in [0.15, 0.2) is 0 Å². The Balaban J connectivity index is 1.37. The molecule has 29 heavy (non-hydrogen) atoms. The second kappa shape index (κ2) is 8.75. The van der Waals surface area contributed by atoms with Crippen molar-refractivity contribution in [3.63, 3.8) is 0 Å². The van der Waals surface area contributed by atoms with E-state index in [1.165, 1.54) is 17.8 Å². The SMILES string of the molecule is N=C(c1ccc(-n2cc(CNC(=O)c3ccc(Cl)s3)nn2)cc1)N1CCCCC1. The summed E-state index contributed by atoms with van der Waals surface area (Å²) in [5, 5.41) is 19.5. The number of benzene rings is 1. The third kappa shape index (κ3) is 4.65. The first-order valence-corrected chi connectivity index (χ1v) is 10.7. The Morgan fingerprint density at radius 3 is 2.59 bits per heavy atom. The number of hydrogen-bond acceptors (Lipinski definition) is 5. The molecule has 0 saturated carbocycles. The fourth-order valence-corrected chi connectivity index (χ4v) is 4.23. The van der Waals surface area contributed by atoms with E-state index >= 15 is 0 Å². The summed E-state index contributed by atoms with van der Waals surface area (Å²) in [6.07, 6.45) is 5.34. The molecule has 3 heterocycles. The van der Waals surface area contributed by atoms with Gasteiger partial charge in [0, 0.05) is 18.7 Å². The minimum Gasteiger partial charge on any atom is -0.357 e. The van der Waals surface area contributed by atoms with E-state index in [2.05, 4.69) is 20.5 Å². The topological polar surface area (TPSA) is 86.9 Å². The van der Waals surface area contributed by atoms with Crippen molar-refractivity contribution >= 4 is 34.7 Å². The molecule has 0 bridgehead atoms. The van der Waals surface area contributed by atoms with Crippen LogP contribution >= 0.6 is 22.9 Å². The van der Waals surface area contributed by atoms with Crippen LogP contribution in [0.5, 0.6) is 0 Å². The summed E-state index contributed by atoms with van der Waals surface area (Å²) in [7, 11) is 0. The van der Waals surface area contributed by atoms with Gasteiger partial charge in [-0.3, -0.25) is 10.2 Å². The molecule has 1 saturated heterocycles. The maximum Gasteiger partial charge on any atom is 0.261 e. The maximum absolute atomic E-state index is 12.1. The predicted octanol–water partition coefficient (Wildman–Crippen LogP) is 3.72. The van der Waals surface area contributed by atoms with Crippen LogP contribution in [0.3, 0.4) is 0 Å². The molecule has 7 nitrogen and oxygen atoms in total. The smallest absolute Gasteiger partial charge is 0.261 e. The molecule has 0 unspecified atom stereocenters. The van der Waals surface area contributed by atoms with E-state index in [-0.39, 0.29) is 12.5 Å². The highest BCUT2D eigenvalue weighted by Gasteiger charge is 2.15. The second-order valence-electron chi connectivity index (χ2n) is 6.88. The molecule has 2 N–H and O–H groups in total. The molecule has 4 rings (SSSR count). The van der Waals surface area contributed by atoms with Crippen LogP contribution in [-0.2, 0) is 6.54 Å². The van der Waals surface area contributed by atoms with Crippen LogP contribution in [0.2, 0.25) is 4.34 Å². The molecule has 1 aliphatic heterocycles. The number of halogens is 1. The zero-order valence-corrected chi connectivity index (χ0v) is 17.3. The molecule has 1 aliphatic rings. The second-order valence-corrected chi connectivity index (χ2v) is 8.60. The van der Waals surface area contributed by atoms with Crippen LogP contribution in [0.1, 0.15) is 40.2 Å². The Hall–Kier alpha value is -2.71. The normalized spacial score (nSPS) is 14.0. The van der Waals surface area contributed by atoms with Crippen molar-refractivity contribution in [2.24, 2.45) is 0 Å². The summed E-state index contributed by atoms with van der Waals surface area (Å²) in [5.41, 5.74) is 2.42. The average Bonchev–Trinajstić information content (AvgIpc) is 3.41. The molecule has 3 aromatic rings. The quantitative estimate of drug-likeness (QED) is 0.479. The van der Waals surface area contributed by atoms with Crippen molar-refractivity contribution in [2.45, 2.75) is 25.8 Å². The van der Waals surface area contributed by atoms with Gasteiger partial charge in [-0.1, -0.05) is 16.8 Å². The predicted molar refractivity (Wildman–Crippen MR) is 114 cm³/mol. The van der Waals surface area contributed by atoms with Crippen LogP contribution in [0.4, 0.5) is 0 Å². The van der Waals surface area contributed by atoms with Gasteiger partial charge in [-0.2, -0.15) is 0 Å². The first kappa shape index (κ1) is 19.6. The first-order valence-electron chi connectivity index (χ1n) is 9.49. The van der Waals surface area contributed by atoms with E-state index in [0.717, 1.165) is 37.2 Å². The lowest BCUT2D eigenvalue weighted by Crippen LogP contribution is -2.35. The monoisotopic (exact) mass is 428 g/mol. The molecule has 2 aromatic heterocycles. The number of hydrogen-bond donors (Lipinski definition) is 2. The molecular formula is C20H21ClN6OS. The van der Waals surface area contributed by atoms with Gasteiger partial charge >= 0.3 is 0 Å². The number of carbonyl (C=O) groups excluding carboxylic acids is 1. The van der Waals surface area contributed by atoms with Gasteiger partial charge in [0.1, 0.15) is 11.5 Å². The Labute approximate surface area is 177 Å². The number of aromatic nitrogens is 3. The summed E-state index contributed by atoms with van der Waals surface area (Å²) in [4.78, 5) is 14.8. The summed E-state index contributed by atoms with van der Waals surface area (Å²) in [6, 6.07) is 11.1. The molecule has 1 fully saturated rings. The molecule has 0 radical (unpaired) electrons. The largest absolute Gasteiger partial charge is 0.357 e. The Bertz CT molecular complexity index is 1010. The lowest BCUT2D eigenvalue weighted by Gasteiger charge is -2.29. The molecule has 1 aromatic carbocycles. The van der Waals surface area contributed by atoms with Gasteiger partial charge < -0.3 is 10.2 Å². The van der Waals surface area contributed by atoms with E-state index in [9.17, 15) is 4.79 Å². The molecule has 9 heteroatoms. The lowest BCUT2D eigenvalue weighted by atomic mass is 10.1. The summed E-state index contributed by atoms with van der Waals surface area (Å²) in [6.45, 7) is 2.19. The number of carbonyl (C=O) groups is 1. The van der Waals surface area contributed by atoms with Crippen LogP contribution < -0.4 is 5.32 Å². The molecule has 150 valence electrons. The van der Waals surface area contributed by atoms with Crippen molar-refractivity contribution in [3.8, 4) is 5.69 Å². The van der Waals surface area contributed by atoms with Crippen LogP contribution in [-0.4, -0.2) is 44.7 Å². The van der Waals surface area contributed by atoms with Gasteiger partial charge in [0.05, 0.1) is 27.6 Å². The van der Waals surface area contributed by atoms with Gasteiger partial charge in [0.25, 0.3) is 5.91 Å². The highest BCUT2D eigenvalue weighted by atomic mass is 35.5. The maximum atomic E-state index is 12.1. The Morgan fingerprint density at radius 1 is 1.14 bits per heavy atom. The van der Waals surface area contributed by atoms with Crippen molar-refractivity contribution in [3.05, 3.63) is 63.1 Å². The summed E-state index contributed by atoms with van der Waals surface area (Å²) < 4.78 is 2.25. The molecule has 1 amide bonds. The van der Waals surface area contributed by atoms with Crippen LogP contribution in [0.15, 0.2) is 42.6 Å². The number of amidine groups is 1. The average molecular weight is 429 g/mol. The molecule has 0 atom stereocenters. The summed E-state index contributed by atoms with van der Waals surface area (Å²) in [5.74, 6) is 0.393. The third-order valence-corrected chi connectivity index (χ3v) is 6.08. The van der Waals surface area contributed by atoms with E-state index in [1.54, 1.807) is 23.0 Å². The third-order valence-electron chi connectivity index (χ3n) is 4.85. The minimum atomic E-state index is -0.183. The van der Waals surface area contributed by atoms with E-state index in [4.69, 9.17) is 17.0 Å². The Kier molecular flexibility index (Phi) is 5.92. The number of nitrogens with one attached hydrogen (secondary N) is 2. The van der Waals surface area contributed by atoms with Crippen LogP contribution in [0.25, 0.3) is 5.69 Å². The summed E-state index contributed by atoms with van der Waals surface area (Å²) >= 11 is 7.10. The van der Waals surface area contributed by atoms with E-state index < -0.39 is 0 Å². The number of amides is 1. The number of piperidine rings is 1. The number of nitrogens with zero attached hydrogens (tertiary/aromatic N) is 4. The standard InChI is InChI=1S/C20H21ClN6OS/c21-18-9-8-17(29-18)20(28)23-12-15-13-27(25-24-15)16-6-4-14(5-7-16)19(22)26-10-2-1-3-11-26/h4-9,13,22H,1-3,10-12H2,(H,23,28). The Morgan fingerprint density at radius 2 is 1.90 bits per heavy atom. The zero-order chi connectivity index (χ0) is 20.2. The van der Waals surface area contributed by atoms with Gasteiger partial charge in [0.2, 0.25) is 0 Å². The highest BCUT2D eigenvalue weighted by molar-refractivity contribution is 7.17. The first-order chi connectivity index (χ1) is 14.1. The minimum absolute atomic E-state index is 0.183. The highest BCUT2D eigenvalue weighted by Crippen LogP contribution is 2.21. The van der Waals surface area contributed by atoms with E-state index in [0.29, 0.717) is 20.7 Å². The molecule has 0 spiro atoms. The van der Waals surface area contributed by atoms with Crippen molar-refractivity contribution in [2.75, 3.05) is 13.1 Å². The lowest BCUT2D eigenvalue weighted by molar-refractivity contribution is 0.0954. The molecular weight excluding hydrogens is 408 g/mol. The van der Waals surface area contributed by atoms with Crippen molar-refractivity contribution in [1.29, 1.82) is 5.41 Å². The van der Waals surface area contributed by atoms with Crippen molar-refractivity contribution in [1.82, 2.24) is 25.2 Å². The van der Waals surface area contributed by atoms with Crippen molar-refractivity contribution < 1.29 is 4.79 Å². The number of rotatable bonds is 5. The van der Waals surface area contributed by atoms with Gasteiger partial charge in [-0.05, 0) is 55.7 Å². The molecule has 0 aliphatic carbocycles. The number of thiophene rings is 1. The van der Waals surface area contributed by atoms with Gasteiger partial charge in [-0.25, -0.2) is 4.68 Å². The van der Waals surface area contributed by atoms with Gasteiger partial charge in [-0.15, -0.1) is 16.4 Å². The zero-order valence-electron chi connectivity index (χ0n) is 15.8. The van der Waals surface area contributed by atoms with E-state index in [1.807, 2.05) is 24.3 Å².